The fourth-order valence-corrected chi connectivity index (χ4v) is 3.25. The van der Waals surface area contributed by atoms with E-state index in [2.05, 4.69) is 10.6 Å². The molecule has 28 heavy (non-hydrogen) atoms. The highest BCUT2D eigenvalue weighted by atomic mass is 16.4. The van der Waals surface area contributed by atoms with Crippen LogP contribution < -0.4 is 15.7 Å². The third kappa shape index (κ3) is 4.65. The molecule has 0 radical (unpaired) electrons. The van der Waals surface area contributed by atoms with E-state index in [1.807, 2.05) is 30.3 Å². The number of anilines is 1. The van der Waals surface area contributed by atoms with Gasteiger partial charge in [-0.05, 0) is 30.5 Å². The van der Waals surface area contributed by atoms with E-state index in [1.165, 1.54) is 0 Å². The Morgan fingerprint density at radius 1 is 0.893 bits per heavy atom. The second-order valence-electron chi connectivity index (χ2n) is 6.68. The second-order valence-corrected chi connectivity index (χ2v) is 6.68. The number of hydrogen-bond donors (Lipinski definition) is 2. The lowest BCUT2D eigenvalue weighted by Crippen LogP contribution is -2.41. The van der Waals surface area contributed by atoms with Gasteiger partial charge in [-0.1, -0.05) is 54.6 Å². The molecule has 2 aromatic carbocycles. The molecule has 6 heteroatoms. The Morgan fingerprint density at radius 2 is 1.54 bits per heavy atom. The lowest BCUT2D eigenvalue weighted by Gasteiger charge is -2.28. The van der Waals surface area contributed by atoms with Gasteiger partial charge in [-0.3, -0.25) is 9.59 Å². The minimum absolute atomic E-state index is 0.264. The summed E-state index contributed by atoms with van der Waals surface area (Å²) in [5.74, 6) is -3.58. The van der Waals surface area contributed by atoms with Gasteiger partial charge in [-0.2, -0.15) is 0 Å². The van der Waals surface area contributed by atoms with Crippen molar-refractivity contribution in [2.45, 2.75) is 19.4 Å². The van der Waals surface area contributed by atoms with E-state index >= 15 is 0 Å². The molecule has 0 spiro atoms. The summed E-state index contributed by atoms with van der Waals surface area (Å²) in [6.07, 6.45) is 4.13. The van der Waals surface area contributed by atoms with Gasteiger partial charge in [0.25, 0.3) is 5.91 Å². The number of nitrogens with one attached hydrogen (secondary N) is 2. The number of carboxylic acid groups (broad SMARTS) is 1. The average molecular weight is 377 g/mol. The normalized spacial score (nSPS) is 18.3. The number of carbonyl (C=O) groups is 3. The van der Waals surface area contributed by atoms with Gasteiger partial charge >= 0.3 is 0 Å². The molecular weight excluding hydrogens is 356 g/mol. The summed E-state index contributed by atoms with van der Waals surface area (Å²) >= 11 is 0. The summed E-state index contributed by atoms with van der Waals surface area (Å²) in [5, 5.41) is 16.9. The Bertz CT molecular complexity index is 892. The standard InChI is InChI=1S/C22H22N2O4/c25-20(23-14-15-8-2-1-3-9-15)18-12-6-7-13-19(18)24-21(26)16-10-4-5-11-17(16)22(27)28/h1-9,12-13,16-17H,10-11,14H2,(H,23,25)(H,24,26)(H,27,28)/p-1/t16-,17-/m1/s1. The number of hydrogen-bond acceptors (Lipinski definition) is 4. The van der Waals surface area contributed by atoms with E-state index in [4.69, 9.17) is 0 Å². The lowest BCUT2D eigenvalue weighted by molar-refractivity contribution is -0.313. The predicted molar refractivity (Wildman–Crippen MR) is 103 cm³/mol. The summed E-state index contributed by atoms with van der Waals surface area (Å²) in [7, 11) is 0. The van der Waals surface area contributed by atoms with Crippen LogP contribution in [0.2, 0.25) is 0 Å². The highest BCUT2D eigenvalue weighted by Gasteiger charge is 2.30. The van der Waals surface area contributed by atoms with Crippen molar-refractivity contribution in [3.8, 4) is 0 Å². The number of benzene rings is 2. The quantitative estimate of drug-likeness (QED) is 0.751. The lowest BCUT2D eigenvalue weighted by atomic mass is 9.82. The summed E-state index contributed by atoms with van der Waals surface area (Å²) < 4.78 is 0. The van der Waals surface area contributed by atoms with Crippen LogP contribution in [-0.2, 0) is 16.1 Å². The number of aliphatic carboxylic acids is 1. The zero-order valence-corrected chi connectivity index (χ0v) is 15.3. The monoisotopic (exact) mass is 377 g/mol. The maximum atomic E-state index is 12.7. The van der Waals surface area contributed by atoms with Gasteiger partial charge in [-0.25, -0.2) is 0 Å². The van der Waals surface area contributed by atoms with Crippen LogP contribution in [0.25, 0.3) is 0 Å². The molecular formula is C22H21N2O4-. The molecule has 144 valence electrons. The molecule has 0 unspecified atom stereocenters. The van der Waals surface area contributed by atoms with Crippen molar-refractivity contribution in [2.24, 2.45) is 11.8 Å². The zero-order valence-electron chi connectivity index (χ0n) is 15.3. The molecule has 3 rings (SSSR count). The van der Waals surface area contributed by atoms with E-state index in [0.29, 0.717) is 24.2 Å². The summed E-state index contributed by atoms with van der Waals surface area (Å²) in [5.41, 5.74) is 1.64. The van der Waals surface area contributed by atoms with Crippen LogP contribution in [0.4, 0.5) is 5.69 Å². The first kappa shape index (κ1) is 19.4. The third-order valence-corrected chi connectivity index (χ3v) is 4.80. The number of allylic oxidation sites excluding steroid dienone is 2. The predicted octanol–water partition coefficient (Wildman–Crippen LogP) is 1.89. The molecule has 0 saturated carbocycles. The number of amides is 2. The van der Waals surface area contributed by atoms with E-state index in [-0.39, 0.29) is 12.3 Å². The summed E-state index contributed by atoms with van der Waals surface area (Å²) in [4.78, 5) is 36.6. The van der Waals surface area contributed by atoms with Gasteiger partial charge in [0.1, 0.15) is 0 Å². The zero-order chi connectivity index (χ0) is 19.9. The van der Waals surface area contributed by atoms with Gasteiger partial charge in [0.2, 0.25) is 5.91 Å². The third-order valence-electron chi connectivity index (χ3n) is 4.80. The molecule has 0 aliphatic heterocycles. The largest absolute Gasteiger partial charge is 0.550 e. The molecule has 0 bridgehead atoms. The minimum Gasteiger partial charge on any atom is -0.550 e. The number of para-hydroxylation sites is 1. The van der Waals surface area contributed by atoms with Crippen molar-refractivity contribution < 1.29 is 19.5 Å². The molecule has 0 aromatic heterocycles. The van der Waals surface area contributed by atoms with Crippen LogP contribution in [0.1, 0.15) is 28.8 Å². The summed E-state index contributed by atoms with van der Waals surface area (Å²) in [6, 6.07) is 16.2. The Labute approximate surface area is 163 Å². The van der Waals surface area contributed by atoms with Crippen LogP contribution in [0.5, 0.6) is 0 Å². The van der Waals surface area contributed by atoms with Crippen molar-refractivity contribution in [2.75, 3.05) is 5.32 Å². The first-order chi connectivity index (χ1) is 13.6. The first-order valence-electron chi connectivity index (χ1n) is 9.14. The minimum atomic E-state index is -1.24. The molecule has 2 amide bonds. The highest BCUT2D eigenvalue weighted by Crippen LogP contribution is 2.27. The average Bonchev–Trinajstić information content (AvgIpc) is 2.73. The van der Waals surface area contributed by atoms with E-state index in [0.717, 1.165) is 5.56 Å². The van der Waals surface area contributed by atoms with Gasteiger partial charge < -0.3 is 20.5 Å². The SMILES string of the molecule is O=C(NCc1ccccc1)c1ccccc1NC(=O)[C@@H]1CC=CC[C@H]1C(=O)[O-]. The van der Waals surface area contributed by atoms with Crippen molar-refractivity contribution in [3.05, 3.63) is 77.9 Å². The maximum absolute atomic E-state index is 12.7. The van der Waals surface area contributed by atoms with Crippen LogP contribution >= 0.6 is 0 Å². The fraction of sp³-hybridized carbons (Fsp3) is 0.227. The molecule has 0 heterocycles. The van der Waals surface area contributed by atoms with Crippen molar-refractivity contribution >= 4 is 23.5 Å². The molecule has 1 aliphatic carbocycles. The van der Waals surface area contributed by atoms with Gasteiger partial charge in [0.15, 0.2) is 0 Å². The molecule has 2 atom stereocenters. The highest BCUT2D eigenvalue weighted by molar-refractivity contribution is 6.04. The van der Waals surface area contributed by atoms with Gasteiger partial charge in [-0.15, -0.1) is 0 Å². The molecule has 2 aromatic rings. The smallest absolute Gasteiger partial charge is 0.253 e. The van der Waals surface area contributed by atoms with Crippen LogP contribution in [0.15, 0.2) is 66.7 Å². The Hall–Kier alpha value is -3.41. The topological polar surface area (TPSA) is 98.3 Å². The first-order valence-corrected chi connectivity index (χ1v) is 9.14. The molecule has 6 nitrogen and oxygen atoms in total. The molecule has 1 aliphatic rings. The van der Waals surface area contributed by atoms with Gasteiger partial charge in [0, 0.05) is 18.4 Å². The molecule has 2 N–H and O–H groups in total. The number of rotatable bonds is 6. The van der Waals surface area contributed by atoms with Gasteiger partial charge in [0.05, 0.1) is 17.2 Å². The van der Waals surface area contributed by atoms with Crippen LogP contribution in [-0.4, -0.2) is 17.8 Å². The number of carbonyl (C=O) groups excluding carboxylic acids is 3. The molecule has 0 fully saturated rings. The summed E-state index contributed by atoms with van der Waals surface area (Å²) in [6.45, 7) is 0.363. The Kier molecular flexibility index (Phi) is 6.22. The van der Waals surface area contributed by atoms with Crippen molar-refractivity contribution in [1.82, 2.24) is 5.32 Å². The van der Waals surface area contributed by atoms with E-state index in [9.17, 15) is 19.5 Å². The van der Waals surface area contributed by atoms with Crippen LogP contribution in [0.3, 0.4) is 0 Å². The Balaban J connectivity index is 1.71. The number of carboxylic acids is 1. The van der Waals surface area contributed by atoms with Crippen LogP contribution in [0, 0.1) is 11.8 Å². The second kappa shape index (κ2) is 8.99. The fourth-order valence-electron chi connectivity index (χ4n) is 3.25. The van der Waals surface area contributed by atoms with Crippen molar-refractivity contribution in [1.29, 1.82) is 0 Å². The molecule has 0 saturated heterocycles. The maximum Gasteiger partial charge on any atom is 0.253 e. The van der Waals surface area contributed by atoms with E-state index in [1.54, 1.807) is 36.4 Å². The Morgan fingerprint density at radius 3 is 2.25 bits per heavy atom. The van der Waals surface area contributed by atoms with Crippen molar-refractivity contribution in [3.63, 3.8) is 0 Å². The van der Waals surface area contributed by atoms with E-state index < -0.39 is 23.7 Å².